The summed E-state index contributed by atoms with van der Waals surface area (Å²) in [6, 6.07) is 14.3. The van der Waals surface area contributed by atoms with Crippen LogP contribution in [0.2, 0.25) is 5.02 Å². The Balaban J connectivity index is 1.34. The second-order valence-corrected chi connectivity index (χ2v) is 9.19. The minimum atomic E-state index is -0.343. The number of ether oxygens (including phenoxy) is 1. The van der Waals surface area contributed by atoms with Gasteiger partial charge in [0.25, 0.3) is 5.91 Å². The topological polar surface area (TPSA) is 84.5 Å². The van der Waals surface area contributed by atoms with Crippen molar-refractivity contribution in [1.29, 1.82) is 0 Å². The first-order valence-electron chi connectivity index (χ1n) is 11.6. The molecule has 34 heavy (non-hydrogen) atoms. The van der Waals surface area contributed by atoms with Gasteiger partial charge >= 0.3 is 0 Å². The lowest BCUT2D eigenvalue weighted by molar-refractivity contribution is -0.118. The molecule has 0 unspecified atom stereocenters. The van der Waals surface area contributed by atoms with Crippen LogP contribution in [0.4, 0.5) is 5.69 Å². The molecule has 0 saturated carbocycles. The van der Waals surface area contributed by atoms with E-state index in [0.717, 1.165) is 53.8 Å². The Labute approximate surface area is 203 Å². The average molecular weight is 477 g/mol. The summed E-state index contributed by atoms with van der Waals surface area (Å²) in [4.78, 5) is 38.1. The molecule has 2 N–H and O–H groups in total. The fourth-order valence-electron chi connectivity index (χ4n) is 4.97. The van der Waals surface area contributed by atoms with Gasteiger partial charge in [-0.2, -0.15) is 0 Å². The van der Waals surface area contributed by atoms with E-state index in [-0.39, 0.29) is 30.0 Å². The van der Waals surface area contributed by atoms with Gasteiger partial charge in [0.1, 0.15) is 5.75 Å². The lowest BCUT2D eigenvalue weighted by Crippen LogP contribution is -2.36. The van der Waals surface area contributed by atoms with Crippen molar-refractivity contribution in [3.63, 3.8) is 0 Å². The van der Waals surface area contributed by atoms with Gasteiger partial charge < -0.3 is 15.4 Å². The van der Waals surface area contributed by atoms with E-state index in [9.17, 15) is 14.4 Å². The monoisotopic (exact) mass is 476 g/mol. The number of hydrogen-bond donors (Lipinski definition) is 2. The van der Waals surface area contributed by atoms with Gasteiger partial charge in [0.15, 0.2) is 18.2 Å². The van der Waals surface area contributed by atoms with Crippen molar-refractivity contribution in [1.82, 2.24) is 5.32 Å². The summed E-state index contributed by atoms with van der Waals surface area (Å²) in [7, 11) is 0. The Kier molecular flexibility index (Phi) is 6.24. The van der Waals surface area contributed by atoms with Crippen LogP contribution in [0.5, 0.6) is 5.75 Å². The number of halogens is 1. The van der Waals surface area contributed by atoms with E-state index < -0.39 is 0 Å². The van der Waals surface area contributed by atoms with E-state index in [0.29, 0.717) is 29.3 Å². The van der Waals surface area contributed by atoms with Crippen LogP contribution >= 0.6 is 11.6 Å². The normalized spacial score (nSPS) is 18.3. The minimum Gasteiger partial charge on any atom is -0.484 e. The summed E-state index contributed by atoms with van der Waals surface area (Å²) in [6.45, 7) is -0.167. The van der Waals surface area contributed by atoms with Crippen molar-refractivity contribution in [3.05, 3.63) is 81.7 Å². The molecule has 0 saturated heterocycles. The number of anilines is 1. The van der Waals surface area contributed by atoms with Gasteiger partial charge in [-0.05, 0) is 55.5 Å². The van der Waals surface area contributed by atoms with Crippen molar-refractivity contribution in [2.75, 3.05) is 11.9 Å². The van der Waals surface area contributed by atoms with Gasteiger partial charge in [0, 0.05) is 41.3 Å². The maximum absolute atomic E-state index is 12.9. The standard InChI is InChI=1S/C27H25ClN2O4/c28-18-5-1-2-6-19(18)30-24(33)15-34-17-13-11-16(12-14-17)25-26-20(7-3-9-22(26)31)29-21-8-4-10-23(32)27(21)25/h1-2,5-6,11-14,25,29H,3-4,7-10,15H2,(H,30,33). The third kappa shape index (κ3) is 4.38. The van der Waals surface area contributed by atoms with Crippen LogP contribution in [-0.4, -0.2) is 24.1 Å². The highest BCUT2D eigenvalue weighted by Gasteiger charge is 2.40. The van der Waals surface area contributed by atoms with Crippen LogP contribution in [0.3, 0.4) is 0 Å². The number of dihydropyridines is 1. The highest BCUT2D eigenvalue weighted by atomic mass is 35.5. The molecule has 2 aromatic rings. The quantitative estimate of drug-likeness (QED) is 0.630. The number of Topliss-reactive ketones (excluding diaryl/α,β-unsaturated/α-hetero) is 2. The van der Waals surface area contributed by atoms with Crippen LogP contribution < -0.4 is 15.4 Å². The minimum absolute atomic E-state index is 0.111. The molecule has 0 aromatic heterocycles. The number of carbonyl (C=O) groups excluding carboxylic acids is 3. The van der Waals surface area contributed by atoms with Crippen molar-refractivity contribution < 1.29 is 19.1 Å². The summed E-state index contributed by atoms with van der Waals surface area (Å²) in [5, 5.41) is 6.61. The van der Waals surface area contributed by atoms with E-state index in [1.54, 1.807) is 36.4 Å². The summed E-state index contributed by atoms with van der Waals surface area (Å²) in [5.74, 6) is 0.0889. The third-order valence-corrected chi connectivity index (χ3v) is 6.85. The predicted molar refractivity (Wildman–Crippen MR) is 130 cm³/mol. The van der Waals surface area contributed by atoms with Crippen LogP contribution in [0.25, 0.3) is 0 Å². The van der Waals surface area contributed by atoms with E-state index >= 15 is 0 Å². The Morgan fingerprint density at radius 3 is 2.15 bits per heavy atom. The fourth-order valence-corrected chi connectivity index (χ4v) is 5.15. The van der Waals surface area contributed by atoms with Gasteiger partial charge in [-0.3, -0.25) is 14.4 Å². The molecule has 0 spiro atoms. The Morgan fingerprint density at radius 1 is 0.912 bits per heavy atom. The average Bonchev–Trinajstić information content (AvgIpc) is 2.84. The maximum Gasteiger partial charge on any atom is 0.262 e. The molecule has 1 heterocycles. The lowest BCUT2D eigenvalue weighted by atomic mass is 9.71. The summed E-state index contributed by atoms with van der Waals surface area (Å²) in [5.41, 5.74) is 4.81. The number of nitrogens with one attached hydrogen (secondary N) is 2. The molecule has 2 aromatic carbocycles. The molecule has 0 radical (unpaired) electrons. The van der Waals surface area contributed by atoms with Gasteiger partial charge in [-0.15, -0.1) is 0 Å². The molecule has 0 bridgehead atoms. The first kappa shape index (κ1) is 22.4. The van der Waals surface area contributed by atoms with Gasteiger partial charge in [0.2, 0.25) is 0 Å². The lowest BCUT2D eigenvalue weighted by Gasteiger charge is -2.37. The number of benzene rings is 2. The van der Waals surface area contributed by atoms with Gasteiger partial charge in [0.05, 0.1) is 10.7 Å². The molecule has 0 atom stereocenters. The van der Waals surface area contributed by atoms with E-state index in [1.165, 1.54) is 0 Å². The first-order chi connectivity index (χ1) is 16.5. The zero-order valence-corrected chi connectivity index (χ0v) is 19.4. The van der Waals surface area contributed by atoms with Gasteiger partial charge in [-0.1, -0.05) is 35.9 Å². The second-order valence-electron chi connectivity index (χ2n) is 8.78. The van der Waals surface area contributed by atoms with Crippen molar-refractivity contribution in [3.8, 4) is 5.75 Å². The number of allylic oxidation sites excluding steroid dienone is 4. The van der Waals surface area contributed by atoms with Crippen molar-refractivity contribution in [2.45, 2.75) is 44.4 Å². The highest BCUT2D eigenvalue weighted by Crippen LogP contribution is 2.45. The summed E-state index contributed by atoms with van der Waals surface area (Å²) in [6.07, 6.45) is 4.33. The van der Waals surface area contributed by atoms with Crippen molar-refractivity contribution in [2.24, 2.45) is 0 Å². The Morgan fingerprint density at radius 2 is 1.53 bits per heavy atom. The zero-order chi connectivity index (χ0) is 23.7. The van der Waals surface area contributed by atoms with Crippen LogP contribution in [0.1, 0.15) is 50.0 Å². The van der Waals surface area contributed by atoms with E-state index in [2.05, 4.69) is 10.6 Å². The molecule has 0 fully saturated rings. The number of rotatable bonds is 5. The number of para-hydroxylation sites is 1. The molecule has 174 valence electrons. The van der Waals surface area contributed by atoms with Gasteiger partial charge in [-0.25, -0.2) is 0 Å². The van der Waals surface area contributed by atoms with E-state index in [4.69, 9.17) is 16.3 Å². The maximum atomic E-state index is 12.9. The Bertz CT molecular complexity index is 1190. The van der Waals surface area contributed by atoms with Crippen LogP contribution in [0.15, 0.2) is 71.1 Å². The molecular weight excluding hydrogens is 452 g/mol. The van der Waals surface area contributed by atoms with Crippen LogP contribution in [-0.2, 0) is 14.4 Å². The smallest absolute Gasteiger partial charge is 0.262 e. The second kappa shape index (κ2) is 9.47. The molecule has 5 rings (SSSR count). The first-order valence-corrected chi connectivity index (χ1v) is 12.0. The molecule has 6 nitrogen and oxygen atoms in total. The predicted octanol–water partition coefficient (Wildman–Crippen LogP) is 5.06. The number of ketones is 2. The number of carbonyl (C=O) groups is 3. The van der Waals surface area contributed by atoms with Crippen LogP contribution in [0, 0.1) is 0 Å². The number of hydrogen-bond acceptors (Lipinski definition) is 5. The SMILES string of the molecule is O=C(COc1ccc(C2C3=C(CCCC3=O)NC3=C2C(=O)CCC3)cc1)Nc1ccccc1Cl. The molecule has 3 aliphatic rings. The summed E-state index contributed by atoms with van der Waals surface area (Å²) >= 11 is 6.08. The third-order valence-electron chi connectivity index (χ3n) is 6.52. The highest BCUT2D eigenvalue weighted by molar-refractivity contribution is 6.33. The molecular formula is C27H25ClN2O4. The number of amides is 1. The van der Waals surface area contributed by atoms with E-state index in [1.807, 2.05) is 12.1 Å². The molecule has 1 aliphatic heterocycles. The molecule has 1 amide bonds. The molecule has 7 heteroatoms. The largest absolute Gasteiger partial charge is 0.484 e. The zero-order valence-electron chi connectivity index (χ0n) is 18.7. The Hall–Kier alpha value is -3.38. The van der Waals surface area contributed by atoms with Crippen molar-refractivity contribution >= 4 is 34.8 Å². The summed E-state index contributed by atoms with van der Waals surface area (Å²) < 4.78 is 5.65. The molecule has 2 aliphatic carbocycles. The fraction of sp³-hybridized carbons (Fsp3) is 0.296.